The van der Waals surface area contributed by atoms with Crippen molar-refractivity contribution >= 4 is 72.1 Å². The molecule has 4 nitrogen and oxygen atoms in total. The third-order valence-electron chi connectivity index (χ3n) is 12.8. The molecule has 0 aliphatic heterocycles. The lowest BCUT2D eigenvalue weighted by molar-refractivity contribution is 0.645. The molecular formula is C57H44N4. The molecule has 10 rings (SSSR count). The van der Waals surface area contributed by atoms with Crippen LogP contribution < -0.4 is 9.80 Å². The zero-order valence-electron chi connectivity index (χ0n) is 35.3. The topological polar surface area (TPSA) is 34.6 Å². The Morgan fingerprint density at radius 3 is 1.69 bits per heavy atom. The van der Waals surface area contributed by atoms with E-state index in [1.807, 2.05) is 24.3 Å². The van der Waals surface area contributed by atoms with Crippen molar-refractivity contribution in [3.05, 3.63) is 208 Å². The van der Waals surface area contributed by atoms with Crippen molar-refractivity contribution in [1.29, 1.82) is 5.26 Å². The summed E-state index contributed by atoms with van der Waals surface area (Å²) in [7, 11) is 0. The summed E-state index contributed by atoms with van der Waals surface area (Å²) in [5, 5.41) is 17.1. The number of hydrogen-bond donors (Lipinski definition) is 0. The van der Waals surface area contributed by atoms with Crippen LogP contribution in [0.1, 0.15) is 52.8 Å². The third kappa shape index (κ3) is 5.87. The molecule has 0 atom stereocenters. The molecule has 0 saturated heterocycles. The summed E-state index contributed by atoms with van der Waals surface area (Å²) in [6, 6.07) is 59.0. The molecule has 0 radical (unpaired) electrons. The minimum absolute atomic E-state index is 0.322. The summed E-state index contributed by atoms with van der Waals surface area (Å²) >= 11 is 0. The molecule has 0 N–H and O–H groups in total. The molecule has 0 saturated carbocycles. The number of fused-ring (bicyclic) bond motifs is 6. The molecule has 61 heavy (non-hydrogen) atoms. The van der Waals surface area contributed by atoms with Crippen LogP contribution in [0.15, 0.2) is 158 Å². The number of nitriles is 1. The van der Waals surface area contributed by atoms with Crippen LogP contribution in [0.2, 0.25) is 0 Å². The zero-order valence-corrected chi connectivity index (χ0v) is 35.3. The highest BCUT2D eigenvalue weighted by molar-refractivity contribution is 6.25. The van der Waals surface area contributed by atoms with Gasteiger partial charge in [-0.25, -0.2) is 4.85 Å². The number of rotatable bonds is 6. The van der Waals surface area contributed by atoms with E-state index in [4.69, 9.17) is 6.57 Å². The Balaban J connectivity index is 1.24. The standard InChI is InChI=1S/C57H44N4/c1-35-27-39(34-58)28-36(2)55(35)60(41-17-10-8-11-18-41)43-25-26-45-50-32-48-44-21-14-15-22-46(44)53(33-49(48)47-23-16-24-51(54(47)50)57(5,6)52(45)31-43)61(42-19-12-9-13-20-42)56-37(3)29-40(59-7)30-38(56)4/h8-33H,1-6H3. The van der Waals surface area contributed by atoms with Crippen molar-refractivity contribution in [1.82, 2.24) is 0 Å². The Kier molecular flexibility index (Phi) is 8.79. The van der Waals surface area contributed by atoms with E-state index in [2.05, 4.69) is 196 Å². The predicted molar refractivity (Wildman–Crippen MR) is 256 cm³/mol. The highest BCUT2D eigenvalue weighted by atomic mass is 15.2. The Morgan fingerprint density at radius 1 is 0.492 bits per heavy atom. The number of benzene rings is 9. The van der Waals surface area contributed by atoms with Gasteiger partial charge in [0.25, 0.3) is 0 Å². The molecule has 0 spiro atoms. The summed E-state index contributed by atoms with van der Waals surface area (Å²) in [5.74, 6) is 0. The summed E-state index contributed by atoms with van der Waals surface area (Å²) in [4.78, 5) is 8.54. The Labute approximate surface area is 358 Å². The normalized spacial score (nSPS) is 12.5. The van der Waals surface area contributed by atoms with Crippen molar-refractivity contribution < 1.29 is 0 Å². The molecule has 0 heterocycles. The highest BCUT2D eigenvalue weighted by Crippen LogP contribution is 2.54. The van der Waals surface area contributed by atoms with Crippen molar-refractivity contribution in [2.45, 2.75) is 47.0 Å². The van der Waals surface area contributed by atoms with Gasteiger partial charge in [-0.3, -0.25) is 0 Å². The fourth-order valence-corrected chi connectivity index (χ4v) is 10.2. The smallest absolute Gasteiger partial charge is 0.187 e. The lowest BCUT2D eigenvalue weighted by Crippen LogP contribution is -2.24. The highest BCUT2D eigenvalue weighted by Gasteiger charge is 2.35. The van der Waals surface area contributed by atoms with Gasteiger partial charge in [0, 0.05) is 33.6 Å². The molecule has 292 valence electrons. The van der Waals surface area contributed by atoms with E-state index in [0.717, 1.165) is 61.8 Å². The van der Waals surface area contributed by atoms with Crippen LogP contribution in [-0.2, 0) is 5.41 Å². The van der Waals surface area contributed by atoms with Gasteiger partial charge in [-0.2, -0.15) is 5.26 Å². The second-order valence-corrected chi connectivity index (χ2v) is 17.0. The molecule has 9 aromatic carbocycles. The summed E-state index contributed by atoms with van der Waals surface area (Å²) < 4.78 is 0. The van der Waals surface area contributed by atoms with Gasteiger partial charge in [0.2, 0.25) is 0 Å². The van der Waals surface area contributed by atoms with Crippen molar-refractivity contribution in [3.63, 3.8) is 0 Å². The fraction of sp³-hybridized carbons (Fsp3) is 0.123. The first-order valence-corrected chi connectivity index (χ1v) is 20.9. The third-order valence-corrected chi connectivity index (χ3v) is 12.8. The Hall–Kier alpha value is -7.66. The van der Waals surface area contributed by atoms with Gasteiger partial charge in [0.15, 0.2) is 5.69 Å². The SMILES string of the molecule is [C-]#[N+]c1cc(C)c(N(c2ccccc2)c2cc3c4cccc5c4c(cc3c3ccccc23)-c2ccc(N(c3ccccc3)c3c(C)cc(C#N)cc3C)cc2C5(C)C)c(C)c1. The average molecular weight is 785 g/mol. The maximum atomic E-state index is 9.80. The maximum Gasteiger partial charge on any atom is 0.187 e. The molecule has 0 fully saturated rings. The molecule has 4 heteroatoms. The second kappa shape index (κ2) is 14.3. The number of para-hydroxylation sites is 2. The van der Waals surface area contributed by atoms with Crippen LogP contribution >= 0.6 is 0 Å². The molecular weight excluding hydrogens is 741 g/mol. The first kappa shape index (κ1) is 37.6. The lowest BCUT2D eigenvalue weighted by atomic mass is 9.68. The van der Waals surface area contributed by atoms with E-state index in [9.17, 15) is 5.26 Å². The van der Waals surface area contributed by atoms with Crippen LogP contribution in [0.3, 0.4) is 0 Å². The second-order valence-electron chi connectivity index (χ2n) is 17.0. The lowest BCUT2D eigenvalue weighted by Gasteiger charge is -2.37. The van der Waals surface area contributed by atoms with Crippen molar-refractivity contribution in [3.8, 4) is 17.2 Å². The van der Waals surface area contributed by atoms with Crippen LogP contribution in [0, 0.1) is 45.6 Å². The monoisotopic (exact) mass is 784 g/mol. The first-order chi connectivity index (χ1) is 29.6. The quantitative estimate of drug-likeness (QED) is 0.124. The Bertz CT molecular complexity index is 3300. The van der Waals surface area contributed by atoms with Gasteiger partial charge in [0.05, 0.1) is 29.6 Å². The van der Waals surface area contributed by atoms with Crippen LogP contribution in [0.25, 0.3) is 48.3 Å². The molecule has 0 amide bonds. The maximum absolute atomic E-state index is 9.80. The molecule has 1 aliphatic carbocycles. The fourth-order valence-electron chi connectivity index (χ4n) is 10.2. The number of nitrogens with zero attached hydrogens (tertiary/aromatic N) is 4. The van der Waals surface area contributed by atoms with Crippen LogP contribution in [0.5, 0.6) is 0 Å². The van der Waals surface area contributed by atoms with E-state index in [-0.39, 0.29) is 5.41 Å². The molecule has 0 unspecified atom stereocenters. The molecule has 1 aliphatic rings. The van der Waals surface area contributed by atoms with Crippen molar-refractivity contribution in [2.75, 3.05) is 9.80 Å². The van der Waals surface area contributed by atoms with Crippen LogP contribution in [-0.4, -0.2) is 0 Å². The van der Waals surface area contributed by atoms with Gasteiger partial charge in [-0.1, -0.05) is 111 Å². The van der Waals surface area contributed by atoms with Crippen molar-refractivity contribution in [2.24, 2.45) is 0 Å². The molecule has 0 bridgehead atoms. The van der Waals surface area contributed by atoms with Gasteiger partial charge in [0.1, 0.15) is 0 Å². The van der Waals surface area contributed by atoms with Crippen LogP contribution in [0.4, 0.5) is 39.8 Å². The van der Waals surface area contributed by atoms with E-state index in [0.29, 0.717) is 11.3 Å². The zero-order chi connectivity index (χ0) is 42.2. The molecule has 9 aromatic rings. The molecule has 0 aromatic heterocycles. The summed E-state index contributed by atoms with van der Waals surface area (Å²) in [6.07, 6.45) is 0. The average Bonchev–Trinajstić information content (AvgIpc) is 3.28. The van der Waals surface area contributed by atoms with Gasteiger partial charge < -0.3 is 9.80 Å². The summed E-state index contributed by atoms with van der Waals surface area (Å²) in [6.45, 7) is 20.9. The van der Waals surface area contributed by atoms with E-state index < -0.39 is 0 Å². The van der Waals surface area contributed by atoms with Gasteiger partial charge in [-0.05, 0) is 160 Å². The Morgan fingerprint density at radius 2 is 1.05 bits per heavy atom. The first-order valence-electron chi connectivity index (χ1n) is 20.9. The predicted octanol–water partition coefficient (Wildman–Crippen LogP) is 16.0. The number of anilines is 6. The van der Waals surface area contributed by atoms with Gasteiger partial charge >= 0.3 is 0 Å². The van der Waals surface area contributed by atoms with E-state index >= 15 is 0 Å². The van der Waals surface area contributed by atoms with E-state index in [1.165, 1.54) is 49.2 Å². The minimum Gasteiger partial charge on any atom is -0.310 e. The van der Waals surface area contributed by atoms with Gasteiger partial charge in [-0.15, -0.1) is 0 Å². The summed E-state index contributed by atoms with van der Waals surface area (Å²) in [5.41, 5.74) is 16.8. The largest absolute Gasteiger partial charge is 0.310 e. The number of aryl methyl sites for hydroxylation is 4. The number of hydrogen-bond acceptors (Lipinski definition) is 3. The minimum atomic E-state index is -0.322. The van der Waals surface area contributed by atoms with E-state index in [1.54, 1.807) is 0 Å².